The van der Waals surface area contributed by atoms with Crippen LogP contribution in [-0.4, -0.2) is 24.5 Å². The van der Waals surface area contributed by atoms with Crippen LogP contribution >= 0.6 is 0 Å². The highest BCUT2D eigenvalue weighted by molar-refractivity contribution is 7.83. The lowest BCUT2D eigenvalue weighted by Gasteiger charge is -2.20. The van der Waals surface area contributed by atoms with Crippen LogP contribution in [0.5, 0.6) is 17.2 Å². The lowest BCUT2D eigenvalue weighted by Crippen LogP contribution is -2.17. The van der Waals surface area contributed by atoms with Gasteiger partial charge >= 0.3 is 0 Å². The predicted molar refractivity (Wildman–Crippen MR) is 85.9 cm³/mol. The van der Waals surface area contributed by atoms with Crippen molar-refractivity contribution < 1.29 is 22.8 Å². The maximum Gasteiger partial charge on any atom is 0.165 e. The number of fused-ring (bicyclic) bond motifs is 1. The average Bonchev–Trinajstić information content (AvgIpc) is 2.55. The summed E-state index contributed by atoms with van der Waals surface area (Å²) in [5.74, 6) is 2.02. The minimum atomic E-state index is -1.22. The number of para-hydroxylation sites is 1. The molecule has 0 aliphatic carbocycles. The molecule has 23 heavy (non-hydrogen) atoms. The van der Waals surface area contributed by atoms with Crippen molar-refractivity contribution in [1.82, 2.24) is 0 Å². The molecule has 0 saturated heterocycles. The molecule has 1 atom stereocenters. The summed E-state index contributed by atoms with van der Waals surface area (Å²) >= 11 is 0. The van der Waals surface area contributed by atoms with E-state index < -0.39 is 10.8 Å². The van der Waals surface area contributed by atoms with Gasteiger partial charge in [0.25, 0.3) is 0 Å². The van der Waals surface area contributed by atoms with Gasteiger partial charge in [0.1, 0.15) is 24.8 Å². The highest BCUT2D eigenvalue weighted by atomic mass is 32.2. The Kier molecular flexibility index (Phi) is 4.81. The van der Waals surface area contributed by atoms with Gasteiger partial charge in [-0.2, -0.15) is 0 Å². The molecule has 6 heteroatoms. The standard InChI is InChI=1S/C17H17FO4S/c1-20-15-6-5-14(18)9-13(15)11-23(19)10-12-3-2-4-16-17(12)22-8-7-21-16/h2-6,9H,7-8,10-11H2,1H3. The molecule has 0 aromatic heterocycles. The molecule has 1 unspecified atom stereocenters. The second-order valence-corrected chi connectivity index (χ2v) is 6.58. The Hall–Kier alpha value is -2.08. The van der Waals surface area contributed by atoms with Crippen LogP contribution in [0.2, 0.25) is 0 Å². The summed E-state index contributed by atoms with van der Waals surface area (Å²) in [4.78, 5) is 0. The van der Waals surface area contributed by atoms with Crippen LogP contribution < -0.4 is 14.2 Å². The lowest BCUT2D eigenvalue weighted by molar-refractivity contribution is 0.170. The van der Waals surface area contributed by atoms with Crippen LogP contribution in [0.15, 0.2) is 36.4 Å². The summed E-state index contributed by atoms with van der Waals surface area (Å²) in [6.45, 7) is 0.994. The predicted octanol–water partition coefficient (Wildman–Crippen LogP) is 3.05. The lowest BCUT2D eigenvalue weighted by atomic mass is 10.2. The second kappa shape index (κ2) is 7.00. The normalized spacial score (nSPS) is 14.3. The number of rotatable bonds is 5. The molecular weight excluding hydrogens is 319 g/mol. The fourth-order valence-corrected chi connectivity index (χ4v) is 3.75. The summed E-state index contributed by atoms with van der Waals surface area (Å²) in [6.07, 6.45) is 0. The molecule has 0 N–H and O–H groups in total. The number of benzene rings is 2. The van der Waals surface area contributed by atoms with E-state index in [-0.39, 0.29) is 11.6 Å². The van der Waals surface area contributed by atoms with Crippen molar-refractivity contribution in [3.63, 3.8) is 0 Å². The molecule has 1 aliphatic heterocycles. The van der Waals surface area contributed by atoms with E-state index in [9.17, 15) is 8.60 Å². The number of methoxy groups -OCH3 is 1. The summed E-state index contributed by atoms with van der Waals surface area (Å²) in [5.41, 5.74) is 1.42. The zero-order valence-electron chi connectivity index (χ0n) is 12.7. The first-order valence-electron chi connectivity index (χ1n) is 7.22. The molecule has 0 spiro atoms. The van der Waals surface area contributed by atoms with E-state index in [1.807, 2.05) is 18.2 Å². The van der Waals surface area contributed by atoms with E-state index in [2.05, 4.69) is 0 Å². The third kappa shape index (κ3) is 3.64. The van der Waals surface area contributed by atoms with Crippen LogP contribution in [0.4, 0.5) is 4.39 Å². The fraction of sp³-hybridized carbons (Fsp3) is 0.294. The highest BCUT2D eigenvalue weighted by Gasteiger charge is 2.18. The minimum Gasteiger partial charge on any atom is -0.496 e. The van der Waals surface area contributed by atoms with Crippen molar-refractivity contribution in [2.45, 2.75) is 11.5 Å². The second-order valence-electron chi connectivity index (χ2n) is 5.13. The monoisotopic (exact) mass is 336 g/mol. The van der Waals surface area contributed by atoms with Gasteiger partial charge in [-0.15, -0.1) is 0 Å². The maximum absolute atomic E-state index is 13.4. The van der Waals surface area contributed by atoms with Crippen molar-refractivity contribution in [2.24, 2.45) is 0 Å². The molecule has 3 rings (SSSR count). The molecule has 0 saturated carbocycles. The topological polar surface area (TPSA) is 44.8 Å². The van der Waals surface area contributed by atoms with Crippen LogP contribution in [0.3, 0.4) is 0 Å². The zero-order valence-corrected chi connectivity index (χ0v) is 13.5. The van der Waals surface area contributed by atoms with Crippen LogP contribution in [0, 0.1) is 5.82 Å². The molecule has 0 fully saturated rings. The molecule has 0 radical (unpaired) electrons. The van der Waals surface area contributed by atoms with Crippen molar-refractivity contribution in [2.75, 3.05) is 20.3 Å². The van der Waals surface area contributed by atoms with Gasteiger partial charge < -0.3 is 14.2 Å². The van der Waals surface area contributed by atoms with Gasteiger partial charge in [-0.1, -0.05) is 12.1 Å². The third-order valence-electron chi connectivity index (χ3n) is 3.52. The Labute approximate surface area is 136 Å². The zero-order chi connectivity index (χ0) is 16.2. The first-order valence-corrected chi connectivity index (χ1v) is 8.71. The molecule has 1 aliphatic rings. The van der Waals surface area contributed by atoms with E-state index >= 15 is 0 Å². The molecule has 0 amide bonds. The maximum atomic E-state index is 13.4. The van der Waals surface area contributed by atoms with E-state index in [0.29, 0.717) is 41.8 Å². The van der Waals surface area contributed by atoms with Gasteiger partial charge in [0.05, 0.1) is 18.6 Å². The van der Waals surface area contributed by atoms with Gasteiger partial charge in [0.2, 0.25) is 0 Å². The Morgan fingerprint density at radius 2 is 1.91 bits per heavy atom. The molecular formula is C17H17FO4S. The summed E-state index contributed by atoms with van der Waals surface area (Å²) in [5, 5.41) is 0. The van der Waals surface area contributed by atoms with Gasteiger partial charge in [0, 0.05) is 21.9 Å². The Balaban J connectivity index is 1.77. The molecule has 2 aromatic rings. The number of hydrogen-bond acceptors (Lipinski definition) is 4. The largest absolute Gasteiger partial charge is 0.496 e. The number of ether oxygens (including phenoxy) is 3. The Morgan fingerprint density at radius 1 is 1.13 bits per heavy atom. The first-order chi connectivity index (χ1) is 11.2. The van der Waals surface area contributed by atoms with E-state index in [0.717, 1.165) is 5.56 Å². The highest BCUT2D eigenvalue weighted by Crippen LogP contribution is 2.34. The smallest absolute Gasteiger partial charge is 0.165 e. The van der Waals surface area contributed by atoms with Gasteiger partial charge in [-0.3, -0.25) is 4.21 Å². The van der Waals surface area contributed by atoms with Crippen LogP contribution in [-0.2, 0) is 22.3 Å². The van der Waals surface area contributed by atoms with Crippen molar-refractivity contribution in [1.29, 1.82) is 0 Å². The van der Waals surface area contributed by atoms with Crippen LogP contribution in [0.25, 0.3) is 0 Å². The van der Waals surface area contributed by atoms with Crippen molar-refractivity contribution in [3.8, 4) is 17.2 Å². The van der Waals surface area contributed by atoms with Gasteiger partial charge in [-0.25, -0.2) is 4.39 Å². The van der Waals surface area contributed by atoms with Crippen molar-refractivity contribution >= 4 is 10.8 Å². The Morgan fingerprint density at radius 3 is 2.74 bits per heavy atom. The molecule has 4 nitrogen and oxygen atoms in total. The molecule has 1 heterocycles. The molecule has 122 valence electrons. The SMILES string of the molecule is COc1ccc(F)cc1CS(=O)Cc1cccc2c1OCCO2. The van der Waals surface area contributed by atoms with E-state index in [1.54, 1.807) is 6.07 Å². The summed E-state index contributed by atoms with van der Waals surface area (Å²) < 4.78 is 42.2. The minimum absolute atomic E-state index is 0.214. The Bertz CT molecular complexity index is 733. The number of halogens is 1. The quantitative estimate of drug-likeness (QED) is 0.842. The summed E-state index contributed by atoms with van der Waals surface area (Å²) in [6, 6.07) is 9.78. The van der Waals surface area contributed by atoms with E-state index in [4.69, 9.17) is 14.2 Å². The van der Waals surface area contributed by atoms with Gasteiger partial charge in [0.15, 0.2) is 11.5 Å². The van der Waals surface area contributed by atoms with Crippen molar-refractivity contribution in [3.05, 3.63) is 53.3 Å². The number of hydrogen-bond donors (Lipinski definition) is 0. The molecule has 0 bridgehead atoms. The first kappa shape index (κ1) is 15.8. The van der Waals surface area contributed by atoms with Gasteiger partial charge in [-0.05, 0) is 24.3 Å². The molecule has 2 aromatic carbocycles. The van der Waals surface area contributed by atoms with Crippen LogP contribution in [0.1, 0.15) is 11.1 Å². The van der Waals surface area contributed by atoms with E-state index in [1.165, 1.54) is 19.2 Å². The fourth-order valence-electron chi connectivity index (χ4n) is 2.51. The summed E-state index contributed by atoms with van der Waals surface area (Å²) in [7, 11) is 0.290. The third-order valence-corrected chi connectivity index (χ3v) is 4.79. The average molecular weight is 336 g/mol.